The van der Waals surface area contributed by atoms with Gasteiger partial charge in [-0.15, -0.1) is 0 Å². The number of carbonyl (C=O) groups is 1. The second kappa shape index (κ2) is 5.87. The Bertz CT molecular complexity index is 426. The van der Waals surface area contributed by atoms with Crippen molar-refractivity contribution in [3.63, 3.8) is 0 Å². The minimum Gasteiger partial charge on any atom is -0.492 e. The van der Waals surface area contributed by atoms with Crippen molar-refractivity contribution in [2.75, 3.05) is 18.5 Å². The zero-order valence-electron chi connectivity index (χ0n) is 11.0. The molecule has 2 rings (SSSR count). The SMILES string of the molecule is CCOc1cc(C)ccc1NC(=O)[C@H]1CCCN1. The summed E-state index contributed by atoms with van der Waals surface area (Å²) in [6.07, 6.45) is 1.96. The van der Waals surface area contributed by atoms with E-state index in [0.29, 0.717) is 6.61 Å². The first-order valence-electron chi connectivity index (χ1n) is 6.48. The molecule has 0 bridgehead atoms. The summed E-state index contributed by atoms with van der Waals surface area (Å²) < 4.78 is 5.55. The average Bonchev–Trinajstić information content (AvgIpc) is 2.86. The number of rotatable bonds is 4. The molecule has 0 saturated carbocycles. The Balaban J connectivity index is 2.09. The number of amides is 1. The van der Waals surface area contributed by atoms with Crippen LogP contribution in [0.5, 0.6) is 5.75 Å². The Hall–Kier alpha value is -1.55. The molecule has 0 aromatic heterocycles. The van der Waals surface area contributed by atoms with Crippen LogP contribution in [0.15, 0.2) is 18.2 Å². The van der Waals surface area contributed by atoms with Gasteiger partial charge in [-0.1, -0.05) is 6.07 Å². The van der Waals surface area contributed by atoms with Gasteiger partial charge in [0.15, 0.2) is 0 Å². The molecule has 4 heteroatoms. The maximum absolute atomic E-state index is 12.0. The fourth-order valence-electron chi connectivity index (χ4n) is 2.14. The van der Waals surface area contributed by atoms with Crippen molar-refractivity contribution in [2.24, 2.45) is 0 Å². The van der Waals surface area contributed by atoms with E-state index in [1.165, 1.54) is 0 Å². The van der Waals surface area contributed by atoms with Crippen LogP contribution in [0.2, 0.25) is 0 Å². The molecule has 1 aliphatic heterocycles. The molecule has 98 valence electrons. The van der Waals surface area contributed by atoms with Gasteiger partial charge in [0.2, 0.25) is 5.91 Å². The summed E-state index contributed by atoms with van der Waals surface area (Å²) in [6.45, 7) is 5.46. The van der Waals surface area contributed by atoms with Gasteiger partial charge in [-0.25, -0.2) is 0 Å². The molecular formula is C14H20N2O2. The van der Waals surface area contributed by atoms with E-state index in [4.69, 9.17) is 4.74 Å². The predicted molar refractivity (Wildman–Crippen MR) is 72.0 cm³/mol. The van der Waals surface area contributed by atoms with Crippen LogP contribution < -0.4 is 15.4 Å². The van der Waals surface area contributed by atoms with E-state index in [-0.39, 0.29) is 11.9 Å². The quantitative estimate of drug-likeness (QED) is 0.857. The summed E-state index contributed by atoms with van der Waals surface area (Å²) in [5, 5.41) is 6.12. The topological polar surface area (TPSA) is 50.4 Å². The molecule has 0 aliphatic carbocycles. The standard InChI is InChI=1S/C14H20N2O2/c1-3-18-13-9-10(2)6-7-11(13)16-14(17)12-5-4-8-15-12/h6-7,9,12,15H,3-5,8H2,1-2H3,(H,16,17)/t12-/m1/s1. The van der Waals surface area contributed by atoms with Gasteiger partial charge in [-0.2, -0.15) is 0 Å². The van der Waals surface area contributed by atoms with Gasteiger partial charge in [-0.3, -0.25) is 4.79 Å². The molecule has 18 heavy (non-hydrogen) atoms. The first kappa shape index (κ1) is 12.9. The van der Waals surface area contributed by atoms with Crippen LogP contribution in [0.1, 0.15) is 25.3 Å². The van der Waals surface area contributed by atoms with Crippen LogP contribution in [0.25, 0.3) is 0 Å². The third-order valence-electron chi connectivity index (χ3n) is 3.07. The normalized spacial score (nSPS) is 18.7. The summed E-state index contributed by atoms with van der Waals surface area (Å²) in [5.41, 5.74) is 1.87. The number of hydrogen-bond donors (Lipinski definition) is 2. The van der Waals surface area contributed by atoms with Crippen LogP contribution in [0.4, 0.5) is 5.69 Å². The van der Waals surface area contributed by atoms with Gasteiger partial charge in [0, 0.05) is 0 Å². The zero-order chi connectivity index (χ0) is 13.0. The van der Waals surface area contributed by atoms with Crippen molar-refractivity contribution in [1.29, 1.82) is 0 Å². The summed E-state index contributed by atoms with van der Waals surface area (Å²) in [5.74, 6) is 0.765. The molecule has 0 spiro atoms. The highest BCUT2D eigenvalue weighted by atomic mass is 16.5. The lowest BCUT2D eigenvalue weighted by Crippen LogP contribution is -2.35. The van der Waals surface area contributed by atoms with Crippen molar-refractivity contribution >= 4 is 11.6 Å². The van der Waals surface area contributed by atoms with Crippen molar-refractivity contribution in [3.8, 4) is 5.75 Å². The smallest absolute Gasteiger partial charge is 0.241 e. The van der Waals surface area contributed by atoms with Crippen LogP contribution in [-0.2, 0) is 4.79 Å². The zero-order valence-corrected chi connectivity index (χ0v) is 11.0. The number of hydrogen-bond acceptors (Lipinski definition) is 3. The molecule has 1 atom stereocenters. The van der Waals surface area contributed by atoms with Crippen molar-refractivity contribution in [1.82, 2.24) is 5.32 Å². The largest absolute Gasteiger partial charge is 0.492 e. The van der Waals surface area contributed by atoms with Crippen LogP contribution in [0, 0.1) is 6.92 Å². The molecule has 1 aliphatic rings. The molecule has 1 fully saturated rings. The first-order valence-corrected chi connectivity index (χ1v) is 6.48. The summed E-state index contributed by atoms with van der Waals surface area (Å²) >= 11 is 0. The number of carbonyl (C=O) groups excluding carboxylic acids is 1. The maximum Gasteiger partial charge on any atom is 0.241 e. The van der Waals surface area contributed by atoms with Gasteiger partial charge >= 0.3 is 0 Å². The van der Waals surface area contributed by atoms with E-state index >= 15 is 0 Å². The lowest BCUT2D eigenvalue weighted by Gasteiger charge is -2.15. The van der Waals surface area contributed by atoms with Gasteiger partial charge in [-0.05, 0) is 50.9 Å². The minimum atomic E-state index is -0.0687. The van der Waals surface area contributed by atoms with E-state index in [1.807, 2.05) is 32.0 Å². The molecular weight excluding hydrogens is 228 g/mol. The van der Waals surface area contributed by atoms with E-state index in [1.54, 1.807) is 0 Å². The third-order valence-corrected chi connectivity index (χ3v) is 3.07. The third kappa shape index (κ3) is 3.01. The van der Waals surface area contributed by atoms with Gasteiger partial charge in [0.25, 0.3) is 0 Å². The second-order valence-electron chi connectivity index (χ2n) is 4.57. The van der Waals surface area contributed by atoms with E-state index < -0.39 is 0 Å². The molecule has 1 aromatic carbocycles. The van der Waals surface area contributed by atoms with E-state index in [0.717, 1.165) is 36.4 Å². The number of benzene rings is 1. The number of ether oxygens (including phenoxy) is 1. The minimum absolute atomic E-state index is 0.0253. The number of nitrogens with one attached hydrogen (secondary N) is 2. The molecule has 1 saturated heterocycles. The molecule has 0 unspecified atom stereocenters. The fraction of sp³-hybridized carbons (Fsp3) is 0.500. The summed E-state index contributed by atoms with van der Waals surface area (Å²) in [7, 11) is 0. The Morgan fingerprint density at radius 3 is 3.06 bits per heavy atom. The summed E-state index contributed by atoms with van der Waals surface area (Å²) in [6, 6.07) is 5.75. The maximum atomic E-state index is 12.0. The molecule has 4 nitrogen and oxygen atoms in total. The van der Waals surface area contributed by atoms with Gasteiger partial charge < -0.3 is 15.4 Å². The van der Waals surface area contributed by atoms with Gasteiger partial charge in [0.05, 0.1) is 18.3 Å². The molecule has 1 aromatic rings. The summed E-state index contributed by atoms with van der Waals surface area (Å²) in [4.78, 5) is 12.0. The molecule has 2 N–H and O–H groups in total. The van der Waals surface area contributed by atoms with Gasteiger partial charge in [0.1, 0.15) is 5.75 Å². The van der Waals surface area contributed by atoms with Crippen molar-refractivity contribution in [3.05, 3.63) is 23.8 Å². The highest BCUT2D eigenvalue weighted by Gasteiger charge is 2.22. The molecule has 1 heterocycles. The molecule has 0 radical (unpaired) electrons. The average molecular weight is 248 g/mol. The van der Waals surface area contributed by atoms with Crippen LogP contribution >= 0.6 is 0 Å². The monoisotopic (exact) mass is 248 g/mol. The highest BCUT2D eigenvalue weighted by molar-refractivity contribution is 5.96. The first-order chi connectivity index (χ1) is 8.70. The number of aryl methyl sites for hydroxylation is 1. The van der Waals surface area contributed by atoms with Crippen molar-refractivity contribution < 1.29 is 9.53 Å². The van der Waals surface area contributed by atoms with Crippen LogP contribution in [-0.4, -0.2) is 25.1 Å². The Morgan fingerprint density at radius 2 is 2.39 bits per heavy atom. The number of anilines is 1. The van der Waals surface area contributed by atoms with E-state index in [2.05, 4.69) is 10.6 Å². The highest BCUT2D eigenvalue weighted by Crippen LogP contribution is 2.26. The van der Waals surface area contributed by atoms with Crippen LogP contribution in [0.3, 0.4) is 0 Å². The molecule has 1 amide bonds. The lowest BCUT2D eigenvalue weighted by molar-refractivity contribution is -0.117. The Morgan fingerprint density at radius 1 is 1.56 bits per heavy atom. The fourth-order valence-corrected chi connectivity index (χ4v) is 2.14. The van der Waals surface area contributed by atoms with E-state index in [9.17, 15) is 4.79 Å². The Labute approximate surface area is 108 Å². The van der Waals surface area contributed by atoms with Crippen molar-refractivity contribution in [2.45, 2.75) is 32.7 Å². The lowest BCUT2D eigenvalue weighted by atomic mass is 10.2. The predicted octanol–water partition coefficient (Wildman–Crippen LogP) is 2.08. The second-order valence-corrected chi connectivity index (χ2v) is 4.57. The Kier molecular flexibility index (Phi) is 4.20.